The predicted octanol–water partition coefficient (Wildman–Crippen LogP) is 7.94. The van der Waals surface area contributed by atoms with Crippen LogP contribution >= 0.6 is 0 Å². The number of hydrogen-bond donors (Lipinski definition) is 0. The fourth-order valence-corrected chi connectivity index (χ4v) is 5.42. The van der Waals surface area contributed by atoms with Gasteiger partial charge in [-0.05, 0) is 80.8 Å². The lowest BCUT2D eigenvalue weighted by Gasteiger charge is -2.38. The van der Waals surface area contributed by atoms with E-state index in [0.29, 0.717) is 19.1 Å². The molecule has 1 aromatic rings. The minimum atomic E-state index is -0.945. The second-order valence-electron chi connectivity index (χ2n) is 9.55. The minimum absolute atomic E-state index is 0.00359. The summed E-state index contributed by atoms with van der Waals surface area (Å²) >= 11 is 0. The Hall–Kier alpha value is -1.32. The Morgan fingerprint density at radius 2 is 1.27 bits per heavy atom. The van der Waals surface area contributed by atoms with Gasteiger partial charge in [0, 0.05) is 0 Å². The summed E-state index contributed by atoms with van der Waals surface area (Å²) in [6, 6.07) is 2.96. The van der Waals surface area contributed by atoms with Crippen LogP contribution in [0.3, 0.4) is 0 Å². The lowest BCUT2D eigenvalue weighted by Crippen LogP contribution is -2.27. The van der Waals surface area contributed by atoms with E-state index in [1.807, 2.05) is 6.92 Å². The zero-order chi connectivity index (χ0) is 21.3. The number of benzene rings is 1. The normalized spacial score (nSPS) is 27.1. The van der Waals surface area contributed by atoms with Gasteiger partial charge < -0.3 is 9.47 Å². The SMILES string of the molecule is CCCC[C@H]1CC[C@H]([C@H]2CC[C@H](COc3ccc(OCCC)c(F)c3F)CC2)CC1. The number of ether oxygens (including phenoxy) is 2. The van der Waals surface area contributed by atoms with Crippen molar-refractivity contribution in [2.75, 3.05) is 13.2 Å². The number of halogens is 2. The summed E-state index contributed by atoms with van der Waals surface area (Å²) in [5, 5.41) is 0. The summed E-state index contributed by atoms with van der Waals surface area (Å²) in [7, 11) is 0. The third-order valence-corrected chi connectivity index (χ3v) is 7.36. The lowest BCUT2D eigenvalue weighted by molar-refractivity contribution is 0.120. The van der Waals surface area contributed by atoms with Crippen LogP contribution in [-0.4, -0.2) is 13.2 Å². The number of unbranched alkanes of at least 4 members (excludes halogenated alkanes) is 1. The van der Waals surface area contributed by atoms with Gasteiger partial charge in [-0.1, -0.05) is 46.0 Å². The molecule has 0 spiro atoms. The van der Waals surface area contributed by atoms with Crippen molar-refractivity contribution in [1.29, 1.82) is 0 Å². The van der Waals surface area contributed by atoms with Crippen LogP contribution in [0.4, 0.5) is 8.78 Å². The van der Waals surface area contributed by atoms with Crippen LogP contribution in [0.5, 0.6) is 11.5 Å². The first-order valence-electron chi connectivity index (χ1n) is 12.4. The Morgan fingerprint density at radius 1 is 0.733 bits per heavy atom. The first-order chi connectivity index (χ1) is 14.6. The van der Waals surface area contributed by atoms with E-state index in [4.69, 9.17) is 9.47 Å². The molecule has 0 amide bonds. The fourth-order valence-electron chi connectivity index (χ4n) is 5.42. The highest BCUT2D eigenvalue weighted by Gasteiger charge is 2.31. The van der Waals surface area contributed by atoms with Gasteiger partial charge in [-0.2, -0.15) is 8.78 Å². The van der Waals surface area contributed by atoms with Crippen molar-refractivity contribution in [2.45, 2.75) is 90.9 Å². The molecule has 0 unspecified atom stereocenters. The van der Waals surface area contributed by atoms with Gasteiger partial charge in [0.25, 0.3) is 0 Å². The summed E-state index contributed by atoms with van der Waals surface area (Å²) in [5.41, 5.74) is 0. The molecule has 2 saturated carbocycles. The van der Waals surface area contributed by atoms with Gasteiger partial charge in [-0.15, -0.1) is 0 Å². The summed E-state index contributed by atoms with van der Waals surface area (Å²) in [4.78, 5) is 0. The van der Waals surface area contributed by atoms with Crippen LogP contribution in [0.25, 0.3) is 0 Å². The maximum absolute atomic E-state index is 14.3. The summed E-state index contributed by atoms with van der Waals surface area (Å²) in [5.74, 6) is 1.27. The third kappa shape index (κ3) is 6.34. The van der Waals surface area contributed by atoms with Crippen LogP contribution in [0.2, 0.25) is 0 Å². The predicted molar refractivity (Wildman–Crippen MR) is 118 cm³/mol. The molecule has 1 aromatic carbocycles. The molecule has 2 aliphatic carbocycles. The molecule has 2 aliphatic rings. The maximum atomic E-state index is 14.3. The van der Waals surface area contributed by atoms with Crippen molar-refractivity contribution in [1.82, 2.24) is 0 Å². The van der Waals surface area contributed by atoms with E-state index < -0.39 is 11.6 Å². The molecular weight excluding hydrogens is 382 g/mol. The van der Waals surface area contributed by atoms with E-state index in [2.05, 4.69) is 6.92 Å². The molecule has 0 aliphatic heterocycles. The molecule has 0 saturated heterocycles. The summed E-state index contributed by atoms with van der Waals surface area (Å²) in [6.07, 6.45) is 15.4. The molecule has 4 heteroatoms. The van der Waals surface area contributed by atoms with E-state index in [0.717, 1.165) is 37.0 Å². The molecule has 0 N–H and O–H groups in total. The molecule has 0 bridgehead atoms. The van der Waals surface area contributed by atoms with E-state index in [1.54, 1.807) is 0 Å². The molecule has 2 nitrogen and oxygen atoms in total. The zero-order valence-corrected chi connectivity index (χ0v) is 18.9. The van der Waals surface area contributed by atoms with E-state index >= 15 is 0 Å². The van der Waals surface area contributed by atoms with E-state index in [9.17, 15) is 8.78 Å². The van der Waals surface area contributed by atoms with Crippen LogP contribution < -0.4 is 9.47 Å². The summed E-state index contributed by atoms with van der Waals surface area (Å²) in [6.45, 7) is 5.07. The molecule has 0 atom stereocenters. The molecule has 30 heavy (non-hydrogen) atoms. The van der Waals surface area contributed by atoms with Gasteiger partial charge in [-0.3, -0.25) is 0 Å². The highest BCUT2D eigenvalue weighted by Crippen LogP contribution is 2.42. The number of hydrogen-bond acceptors (Lipinski definition) is 2. The van der Waals surface area contributed by atoms with Gasteiger partial charge in [0.05, 0.1) is 13.2 Å². The Bertz CT molecular complexity index is 632. The Labute approximate surface area is 181 Å². The lowest BCUT2D eigenvalue weighted by atomic mass is 9.69. The van der Waals surface area contributed by atoms with Crippen molar-refractivity contribution in [2.24, 2.45) is 23.7 Å². The highest BCUT2D eigenvalue weighted by atomic mass is 19.2. The zero-order valence-electron chi connectivity index (χ0n) is 18.9. The smallest absolute Gasteiger partial charge is 0.204 e. The average molecular weight is 423 g/mol. The Morgan fingerprint density at radius 3 is 1.80 bits per heavy atom. The molecule has 0 heterocycles. The third-order valence-electron chi connectivity index (χ3n) is 7.36. The molecular formula is C26H40F2O2. The van der Waals surface area contributed by atoms with Crippen molar-refractivity contribution < 1.29 is 18.3 Å². The molecule has 0 aromatic heterocycles. The van der Waals surface area contributed by atoms with Gasteiger partial charge in [0.1, 0.15) is 0 Å². The van der Waals surface area contributed by atoms with Gasteiger partial charge in [-0.25, -0.2) is 0 Å². The van der Waals surface area contributed by atoms with Crippen LogP contribution in [0, 0.1) is 35.3 Å². The molecule has 3 rings (SSSR count). The molecule has 170 valence electrons. The van der Waals surface area contributed by atoms with Crippen molar-refractivity contribution >= 4 is 0 Å². The van der Waals surface area contributed by atoms with Crippen molar-refractivity contribution in [3.05, 3.63) is 23.8 Å². The van der Waals surface area contributed by atoms with Crippen LogP contribution in [-0.2, 0) is 0 Å². The first-order valence-corrected chi connectivity index (χ1v) is 12.4. The van der Waals surface area contributed by atoms with Crippen molar-refractivity contribution in [3.8, 4) is 11.5 Å². The standard InChI is InChI=1S/C26H40F2O2/c1-3-5-6-19-7-11-21(12-8-19)22-13-9-20(10-14-22)18-30-24-16-15-23(29-17-4-2)25(27)26(24)28/h15-16,19-22H,3-14,17-18H2,1-2H3/t19-,20-,21-,22-. The van der Waals surface area contributed by atoms with Crippen LogP contribution in [0.1, 0.15) is 90.9 Å². The molecule has 0 radical (unpaired) electrons. The number of rotatable bonds is 10. The Balaban J connectivity index is 1.40. The second-order valence-corrected chi connectivity index (χ2v) is 9.55. The van der Waals surface area contributed by atoms with E-state index in [1.165, 1.54) is 69.9 Å². The summed E-state index contributed by atoms with van der Waals surface area (Å²) < 4.78 is 39.3. The van der Waals surface area contributed by atoms with Crippen molar-refractivity contribution in [3.63, 3.8) is 0 Å². The topological polar surface area (TPSA) is 18.5 Å². The monoisotopic (exact) mass is 422 g/mol. The fraction of sp³-hybridized carbons (Fsp3) is 0.769. The molecule has 2 fully saturated rings. The second kappa shape index (κ2) is 11.9. The van der Waals surface area contributed by atoms with Gasteiger partial charge in [0.15, 0.2) is 11.5 Å². The quantitative estimate of drug-likeness (QED) is 0.381. The largest absolute Gasteiger partial charge is 0.490 e. The van der Waals surface area contributed by atoms with Gasteiger partial charge >= 0.3 is 0 Å². The average Bonchev–Trinajstić information content (AvgIpc) is 2.79. The highest BCUT2D eigenvalue weighted by molar-refractivity contribution is 5.35. The van der Waals surface area contributed by atoms with Gasteiger partial charge in [0.2, 0.25) is 11.6 Å². The maximum Gasteiger partial charge on any atom is 0.204 e. The van der Waals surface area contributed by atoms with Crippen LogP contribution in [0.15, 0.2) is 12.1 Å². The Kier molecular flexibility index (Phi) is 9.27. The minimum Gasteiger partial charge on any atom is -0.490 e. The first kappa shape index (κ1) is 23.3. The van der Waals surface area contributed by atoms with E-state index in [-0.39, 0.29) is 11.5 Å².